The molecule has 2 N–H and O–H groups in total. The lowest BCUT2D eigenvalue weighted by Gasteiger charge is -2.06. The summed E-state index contributed by atoms with van der Waals surface area (Å²) >= 11 is 12.1. The van der Waals surface area contributed by atoms with Crippen molar-refractivity contribution in [2.75, 3.05) is 0 Å². The van der Waals surface area contributed by atoms with Gasteiger partial charge < -0.3 is 0 Å². The molecule has 7 heteroatoms. The number of aromatic amines is 1. The Morgan fingerprint density at radius 3 is 2.73 bits per heavy atom. The van der Waals surface area contributed by atoms with Crippen LogP contribution < -0.4 is 5.43 Å². The van der Waals surface area contributed by atoms with Crippen molar-refractivity contribution in [3.8, 4) is 11.3 Å². The summed E-state index contributed by atoms with van der Waals surface area (Å²) in [6.45, 7) is 0. The highest BCUT2D eigenvalue weighted by Gasteiger charge is 2.18. The van der Waals surface area contributed by atoms with E-state index < -0.39 is 5.91 Å². The molecule has 0 unspecified atom stereocenters. The first-order valence-electron chi connectivity index (χ1n) is 9.48. The number of benzene rings is 3. The molecular weight excluding hydrogens is 419 g/mol. The van der Waals surface area contributed by atoms with Crippen molar-refractivity contribution in [1.82, 2.24) is 15.6 Å². The van der Waals surface area contributed by atoms with Gasteiger partial charge in [-0.25, -0.2) is 5.43 Å². The number of amides is 1. The standard InChI is InChI=1S/C23H16Cl2N4O/c24-18-6-2-4-15(22(18)25)12-26-29-23(30)20-11-19(27-28-20)16-10-9-14-8-7-13-3-1-5-17(16)21(13)14/h1-6,9-12H,7-8H2,(H,27,28)(H,29,30). The Kier molecular flexibility index (Phi) is 4.77. The number of hydrazone groups is 1. The molecule has 0 fully saturated rings. The largest absolute Gasteiger partial charge is 0.289 e. The van der Waals surface area contributed by atoms with Crippen molar-refractivity contribution in [1.29, 1.82) is 0 Å². The van der Waals surface area contributed by atoms with Gasteiger partial charge in [0.05, 0.1) is 22.0 Å². The molecule has 5 nitrogen and oxygen atoms in total. The Labute approximate surface area is 182 Å². The lowest BCUT2D eigenvalue weighted by Crippen LogP contribution is -2.18. The molecule has 0 spiro atoms. The maximum absolute atomic E-state index is 12.5. The number of hydrogen-bond donors (Lipinski definition) is 2. The molecular formula is C23H16Cl2N4O. The highest BCUT2D eigenvalue weighted by Crippen LogP contribution is 2.36. The van der Waals surface area contributed by atoms with E-state index in [0.29, 0.717) is 21.3 Å². The third-order valence-electron chi connectivity index (χ3n) is 5.33. The van der Waals surface area contributed by atoms with Gasteiger partial charge in [-0.2, -0.15) is 10.2 Å². The van der Waals surface area contributed by atoms with Crippen molar-refractivity contribution in [2.45, 2.75) is 12.8 Å². The predicted molar refractivity (Wildman–Crippen MR) is 120 cm³/mol. The van der Waals surface area contributed by atoms with E-state index >= 15 is 0 Å². The van der Waals surface area contributed by atoms with E-state index in [1.54, 1.807) is 24.3 Å². The number of H-pyrrole nitrogens is 1. The number of aromatic nitrogens is 2. The Morgan fingerprint density at radius 2 is 1.87 bits per heavy atom. The van der Waals surface area contributed by atoms with E-state index in [0.717, 1.165) is 29.5 Å². The van der Waals surface area contributed by atoms with Gasteiger partial charge in [-0.3, -0.25) is 9.89 Å². The van der Waals surface area contributed by atoms with Crippen LogP contribution in [0.25, 0.3) is 22.0 Å². The Morgan fingerprint density at radius 1 is 1.07 bits per heavy atom. The third-order valence-corrected chi connectivity index (χ3v) is 6.16. The van der Waals surface area contributed by atoms with Gasteiger partial charge in [-0.15, -0.1) is 0 Å². The molecule has 1 aromatic heterocycles. The first kappa shape index (κ1) is 18.9. The van der Waals surface area contributed by atoms with Crippen LogP contribution in [0.3, 0.4) is 0 Å². The molecule has 0 bridgehead atoms. The summed E-state index contributed by atoms with van der Waals surface area (Å²) in [4.78, 5) is 12.5. The Balaban J connectivity index is 1.39. The molecule has 1 aliphatic carbocycles. The zero-order valence-electron chi connectivity index (χ0n) is 15.7. The van der Waals surface area contributed by atoms with Crippen LogP contribution in [0.2, 0.25) is 10.0 Å². The van der Waals surface area contributed by atoms with Crippen molar-refractivity contribution < 1.29 is 4.79 Å². The summed E-state index contributed by atoms with van der Waals surface area (Å²) in [5.74, 6) is -0.394. The molecule has 1 heterocycles. The van der Waals surface area contributed by atoms with E-state index in [1.165, 1.54) is 22.7 Å². The van der Waals surface area contributed by atoms with Crippen LogP contribution >= 0.6 is 23.2 Å². The van der Waals surface area contributed by atoms with Gasteiger partial charge in [0.15, 0.2) is 0 Å². The summed E-state index contributed by atoms with van der Waals surface area (Å²) in [6, 6.07) is 17.5. The fourth-order valence-corrected chi connectivity index (χ4v) is 4.24. The molecule has 4 aromatic rings. The third kappa shape index (κ3) is 3.26. The van der Waals surface area contributed by atoms with Gasteiger partial charge in [-0.05, 0) is 46.9 Å². The van der Waals surface area contributed by atoms with Gasteiger partial charge in [-0.1, -0.05) is 65.7 Å². The fraction of sp³-hybridized carbons (Fsp3) is 0.0870. The second-order valence-corrected chi connectivity index (χ2v) is 7.91. The second kappa shape index (κ2) is 7.59. The zero-order chi connectivity index (χ0) is 20.7. The number of carbonyl (C=O) groups excluding carboxylic acids is 1. The molecule has 0 aliphatic heterocycles. The van der Waals surface area contributed by atoms with Crippen LogP contribution in [0, 0.1) is 0 Å². The molecule has 30 heavy (non-hydrogen) atoms. The Hall–Kier alpha value is -3.15. The quantitative estimate of drug-likeness (QED) is 0.333. The number of rotatable bonds is 4. The van der Waals surface area contributed by atoms with Crippen LogP contribution in [0.1, 0.15) is 27.2 Å². The molecule has 0 saturated heterocycles. The highest BCUT2D eigenvalue weighted by molar-refractivity contribution is 6.43. The number of carbonyl (C=O) groups is 1. The van der Waals surface area contributed by atoms with E-state index in [4.69, 9.17) is 23.2 Å². The van der Waals surface area contributed by atoms with Crippen LogP contribution in [-0.4, -0.2) is 22.3 Å². The summed E-state index contributed by atoms with van der Waals surface area (Å²) in [7, 11) is 0. The van der Waals surface area contributed by atoms with Crippen LogP contribution in [0.5, 0.6) is 0 Å². The number of nitrogens with zero attached hydrogens (tertiary/aromatic N) is 2. The molecule has 0 saturated carbocycles. The van der Waals surface area contributed by atoms with Crippen LogP contribution in [0.4, 0.5) is 0 Å². The molecule has 1 aliphatic rings. The number of halogens is 2. The first-order chi connectivity index (χ1) is 14.6. The first-order valence-corrected chi connectivity index (χ1v) is 10.2. The fourth-order valence-electron chi connectivity index (χ4n) is 3.89. The van der Waals surface area contributed by atoms with Crippen LogP contribution in [-0.2, 0) is 12.8 Å². The van der Waals surface area contributed by atoms with Gasteiger partial charge >= 0.3 is 0 Å². The van der Waals surface area contributed by atoms with E-state index in [-0.39, 0.29) is 0 Å². The normalized spacial score (nSPS) is 12.7. The van der Waals surface area contributed by atoms with Crippen molar-refractivity contribution >= 4 is 46.1 Å². The number of hydrogen-bond acceptors (Lipinski definition) is 3. The molecule has 148 valence electrons. The lowest BCUT2D eigenvalue weighted by atomic mass is 9.98. The monoisotopic (exact) mass is 434 g/mol. The van der Waals surface area contributed by atoms with E-state index in [2.05, 4.69) is 51.1 Å². The summed E-state index contributed by atoms with van der Waals surface area (Å²) < 4.78 is 0. The number of nitrogens with one attached hydrogen (secondary N) is 2. The maximum Gasteiger partial charge on any atom is 0.289 e. The second-order valence-electron chi connectivity index (χ2n) is 7.12. The minimum absolute atomic E-state index is 0.322. The summed E-state index contributed by atoms with van der Waals surface area (Å²) in [5.41, 5.74) is 7.87. The SMILES string of the molecule is O=C(NN=Cc1cccc(Cl)c1Cl)c1cc(-c2ccc3c4c(cccc24)CC3)n[nH]1. The minimum Gasteiger partial charge on any atom is -0.272 e. The maximum atomic E-state index is 12.5. The predicted octanol–water partition coefficient (Wildman–Crippen LogP) is 5.40. The minimum atomic E-state index is -0.394. The zero-order valence-corrected chi connectivity index (χ0v) is 17.3. The lowest BCUT2D eigenvalue weighted by molar-refractivity contribution is 0.0950. The van der Waals surface area contributed by atoms with Gasteiger partial charge in [0, 0.05) is 11.1 Å². The van der Waals surface area contributed by atoms with E-state index in [9.17, 15) is 4.79 Å². The van der Waals surface area contributed by atoms with Gasteiger partial charge in [0.25, 0.3) is 5.91 Å². The van der Waals surface area contributed by atoms with Crippen molar-refractivity contribution in [3.63, 3.8) is 0 Å². The van der Waals surface area contributed by atoms with Crippen LogP contribution in [0.15, 0.2) is 59.7 Å². The average Bonchev–Trinajstić information content (AvgIpc) is 3.40. The van der Waals surface area contributed by atoms with E-state index in [1.807, 2.05) is 0 Å². The van der Waals surface area contributed by atoms with Gasteiger partial charge in [0.2, 0.25) is 0 Å². The smallest absolute Gasteiger partial charge is 0.272 e. The Bertz CT molecular complexity index is 1320. The molecule has 1 amide bonds. The molecule has 0 radical (unpaired) electrons. The average molecular weight is 435 g/mol. The topological polar surface area (TPSA) is 70.1 Å². The molecule has 5 rings (SSSR count). The van der Waals surface area contributed by atoms with Crippen molar-refractivity contribution in [2.24, 2.45) is 5.10 Å². The molecule has 3 aromatic carbocycles. The summed E-state index contributed by atoms with van der Waals surface area (Å²) in [6.07, 6.45) is 3.59. The van der Waals surface area contributed by atoms with Crippen molar-refractivity contribution in [3.05, 3.63) is 87.0 Å². The summed E-state index contributed by atoms with van der Waals surface area (Å²) in [5, 5.41) is 14.4. The number of aryl methyl sites for hydroxylation is 2. The highest BCUT2D eigenvalue weighted by atomic mass is 35.5. The van der Waals surface area contributed by atoms with Gasteiger partial charge in [0.1, 0.15) is 5.69 Å². The molecule has 0 atom stereocenters.